The van der Waals surface area contributed by atoms with Crippen LogP contribution in [0, 0.1) is 0 Å². The van der Waals surface area contributed by atoms with Gasteiger partial charge in [-0.25, -0.2) is 0 Å². The van der Waals surface area contributed by atoms with E-state index in [9.17, 15) is 14.7 Å². The molecule has 0 spiro atoms. The first-order chi connectivity index (χ1) is 9.97. The molecular formula is C15H14N2O4. The van der Waals surface area contributed by atoms with E-state index in [2.05, 4.69) is 5.10 Å². The van der Waals surface area contributed by atoms with Crippen molar-refractivity contribution in [1.82, 2.24) is 9.78 Å². The van der Waals surface area contributed by atoms with Gasteiger partial charge in [-0.15, -0.1) is 0 Å². The first-order valence-corrected chi connectivity index (χ1v) is 6.53. The van der Waals surface area contributed by atoms with Crippen molar-refractivity contribution in [3.63, 3.8) is 0 Å². The highest BCUT2D eigenvalue weighted by Crippen LogP contribution is 2.45. The zero-order valence-electron chi connectivity index (χ0n) is 11.7. The Bertz CT molecular complexity index is 748. The highest BCUT2D eigenvalue weighted by atomic mass is 16.5. The molecule has 2 heterocycles. The number of fused-ring (bicyclic) bond motifs is 1. The number of hydrogen-bond donors (Lipinski definition) is 1. The third kappa shape index (κ3) is 2.18. The van der Waals surface area contributed by atoms with Gasteiger partial charge >= 0.3 is 5.97 Å². The molecule has 1 aromatic heterocycles. The molecule has 1 N–H and O–H groups in total. The number of aromatic nitrogens is 2. The average Bonchev–Trinajstić information content (AvgIpc) is 2.84. The van der Waals surface area contributed by atoms with E-state index in [0.29, 0.717) is 11.3 Å². The van der Waals surface area contributed by atoms with Crippen LogP contribution in [0.5, 0.6) is 11.5 Å². The Morgan fingerprint density at radius 1 is 1.48 bits per heavy atom. The maximum absolute atomic E-state index is 11.7. The Labute approximate surface area is 121 Å². The second-order valence-electron chi connectivity index (χ2n) is 5.11. The van der Waals surface area contributed by atoms with Crippen LogP contribution >= 0.6 is 0 Å². The second kappa shape index (κ2) is 4.73. The number of carbonyl (C=O) groups excluding carboxylic acids is 2. The smallest absolute Gasteiger partial charge is 0.312 e. The minimum Gasteiger partial charge on any atom is -0.507 e. The van der Waals surface area contributed by atoms with E-state index in [0.717, 1.165) is 5.56 Å². The lowest BCUT2D eigenvalue weighted by Crippen LogP contribution is -2.21. The van der Waals surface area contributed by atoms with Crippen LogP contribution in [0.1, 0.15) is 40.7 Å². The molecule has 0 amide bonds. The largest absolute Gasteiger partial charge is 0.507 e. The summed E-state index contributed by atoms with van der Waals surface area (Å²) in [6.45, 7) is 1.38. The monoisotopic (exact) mass is 286 g/mol. The summed E-state index contributed by atoms with van der Waals surface area (Å²) >= 11 is 0. The van der Waals surface area contributed by atoms with E-state index in [1.807, 2.05) is 0 Å². The topological polar surface area (TPSA) is 81.4 Å². The van der Waals surface area contributed by atoms with Crippen LogP contribution in [0.25, 0.3) is 0 Å². The molecule has 0 radical (unpaired) electrons. The second-order valence-corrected chi connectivity index (χ2v) is 5.11. The summed E-state index contributed by atoms with van der Waals surface area (Å²) in [7, 11) is 1.78. The normalized spacial score (nSPS) is 17.2. The molecule has 0 fully saturated rings. The van der Waals surface area contributed by atoms with Gasteiger partial charge in [0.25, 0.3) is 0 Å². The van der Waals surface area contributed by atoms with Crippen molar-refractivity contribution in [2.75, 3.05) is 0 Å². The van der Waals surface area contributed by atoms with Gasteiger partial charge in [-0.3, -0.25) is 14.3 Å². The van der Waals surface area contributed by atoms with E-state index >= 15 is 0 Å². The lowest BCUT2D eigenvalue weighted by molar-refractivity contribution is -0.135. The Kier molecular flexibility index (Phi) is 3.01. The molecule has 0 unspecified atom stereocenters. The minimum absolute atomic E-state index is 0.105. The van der Waals surface area contributed by atoms with Gasteiger partial charge in [0.05, 0.1) is 18.2 Å². The molecule has 0 saturated heterocycles. The summed E-state index contributed by atoms with van der Waals surface area (Å²) < 4.78 is 6.79. The fraction of sp³-hybridized carbons (Fsp3) is 0.267. The summed E-state index contributed by atoms with van der Waals surface area (Å²) in [5.74, 6) is -0.804. The fourth-order valence-electron chi connectivity index (χ4n) is 2.64. The van der Waals surface area contributed by atoms with Gasteiger partial charge in [0.2, 0.25) is 0 Å². The summed E-state index contributed by atoms with van der Waals surface area (Å²) in [6.07, 6.45) is 3.54. The molecule has 1 aliphatic rings. The minimum atomic E-state index is -0.369. The van der Waals surface area contributed by atoms with Crippen molar-refractivity contribution in [2.45, 2.75) is 19.3 Å². The zero-order valence-corrected chi connectivity index (χ0v) is 11.7. The molecule has 6 heteroatoms. The van der Waals surface area contributed by atoms with Crippen molar-refractivity contribution in [1.29, 1.82) is 0 Å². The molecule has 0 aliphatic carbocycles. The number of ether oxygens (including phenoxy) is 1. The molecule has 1 aromatic carbocycles. The molecule has 0 bridgehead atoms. The molecule has 1 atom stereocenters. The third-order valence-corrected chi connectivity index (χ3v) is 3.63. The van der Waals surface area contributed by atoms with Gasteiger partial charge in [-0.1, -0.05) is 0 Å². The average molecular weight is 286 g/mol. The highest BCUT2D eigenvalue weighted by Gasteiger charge is 2.33. The SMILES string of the molecule is CC(=O)c1ccc2c(c1O)[C@H](c1cnn(C)c1)CC(=O)O2. The number of phenols is 1. The van der Waals surface area contributed by atoms with Crippen LogP contribution in [-0.2, 0) is 11.8 Å². The summed E-state index contributed by atoms with van der Waals surface area (Å²) in [5, 5.41) is 14.5. The number of aryl methyl sites for hydroxylation is 1. The first kappa shape index (κ1) is 13.4. The molecule has 108 valence electrons. The number of phenolic OH excluding ortho intramolecular Hbond substituents is 1. The van der Waals surface area contributed by atoms with Crippen LogP contribution in [0.3, 0.4) is 0 Å². The summed E-state index contributed by atoms with van der Waals surface area (Å²) in [4.78, 5) is 23.3. The number of Topliss-reactive ketones (excluding diaryl/α,β-unsaturated/α-hetero) is 1. The van der Waals surface area contributed by atoms with Crippen molar-refractivity contribution in [3.8, 4) is 11.5 Å². The predicted octanol–water partition coefficient (Wildman–Crippen LogP) is 1.77. The van der Waals surface area contributed by atoms with Gasteiger partial charge in [0, 0.05) is 24.7 Å². The zero-order chi connectivity index (χ0) is 15.1. The van der Waals surface area contributed by atoms with Crippen molar-refractivity contribution in [3.05, 3.63) is 41.2 Å². The quantitative estimate of drug-likeness (QED) is 0.517. The maximum atomic E-state index is 11.7. The lowest BCUT2D eigenvalue weighted by Gasteiger charge is -2.25. The van der Waals surface area contributed by atoms with Crippen LogP contribution in [0.4, 0.5) is 0 Å². The molecular weight excluding hydrogens is 272 g/mol. The Balaban J connectivity index is 2.20. The third-order valence-electron chi connectivity index (χ3n) is 3.63. The van der Waals surface area contributed by atoms with Gasteiger partial charge in [0.15, 0.2) is 5.78 Å². The summed E-state index contributed by atoms with van der Waals surface area (Å²) in [5.41, 5.74) is 1.49. The lowest BCUT2D eigenvalue weighted by atomic mass is 9.86. The number of aromatic hydroxyl groups is 1. The van der Waals surface area contributed by atoms with Gasteiger partial charge in [0.1, 0.15) is 11.5 Å². The Morgan fingerprint density at radius 2 is 2.24 bits per heavy atom. The van der Waals surface area contributed by atoms with Crippen molar-refractivity contribution in [2.24, 2.45) is 7.05 Å². The number of benzene rings is 1. The van der Waals surface area contributed by atoms with Crippen molar-refractivity contribution >= 4 is 11.8 Å². The number of esters is 1. The number of hydrogen-bond acceptors (Lipinski definition) is 5. The van der Waals surface area contributed by atoms with E-state index in [4.69, 9.17) is 4.74 Å². The Morgan fingerprint density at radius 3 is 2.86 bits per heavy atom. The van der Waals surface area contributed by atoms with E-state index in [1.54, 1.807) is 30.2 Å². The molecule has 3 rings (SSSR count). The summed E-state index contributed by atoms with van der Waals surface area (Å²) in [6, 6.07) is 3.02. The van der Waals surface area contributed by atoms with E-state index in [-0.39, 0.29) is 35.4 Å². The molecule has 1 aliphatic heterocycles. The van der Waals surface area contributed by atoms with Crippen molar-refractivity contribution < 1.29 is 19.4 Å². The Hall–Kier alpha value is -2.63. The van der Waals surface area contributed by atoms with Gasteiger partial charge < -0.3 is 9.84 Å². The molecule has 0 saturated carbocycles. The van der Waals surface area contributed by atoms with E-state index < -0.39 is 0 Å². The number of nitrogens with zero attached hydrogens (tertiary/aromatic N) is 2. The fourth-order valence-corrected chi connectivity index (χ4v) is 2.64. The van der Waals surface area contributed by atoms with Crippen LogP contribution in [-0.4, -0.2) is 26.6 Å². The number of carbonyl (C=O) groups is 2. The first-order valence-electron chi connectivity index (χ1n) is 6.53. The molecule has 6 nitrogen and oxygen atoms in total. The maximum Gasteiger partial charge on any atom is 0.312 e. The standard InChI is InChI=1S/C15H14N2O4/c1-8(18)10-3-4-12-14(15(10)20)11(5-13(19)21-12)9-6-16-17(2)7-9/h3-4,6-7,11,20H,5H2,1-2H3/t11-/m0/s1. The number of ketones is 1. The van der Waals surface area contributed by atoms with Gasteiger partial charge in [-0.05, 0) is 24.6 Å². The van der Waals surface area contributed by atoms with Crippen LogP contribution in [0.15, 0.2) is 24.5 Å². The highest BCUT2D eigenvalue weighted by molar-refractivity contribution is 5.98. The van der Waals surface area contributed by atoms with Crippen LogP contribution in [0.2, 0.25) is 0 Å². The number of rotatable bonds is 2. The van der Waals surface area contributed by atoms with Crippen LogP contribution < -0.4 is 4.74 Å². The van der Waals surface area contributed by atoms with Gasteiger partial charge in [-0.2, -0.15) is 5.10 Å². The molecule has 21 heavy (non-hydrogen) atoms. The van der Waals surface area contributed by atoms with E-state index in [1.165, 1.54) is 13.0 Å². The predicted molar refractivity (Wildman–Crippen MR) is 73.4 cm³/mol. The molecule has 2 aromatic rings.